The molecule has 10 heteroatoms. The van der Waals surface area contributed by atoms with Crippen molar-refractivity contribution in [2.75, 3.05) is 24.5 Å². The van der Waals surface area contributed by atoms with Gasteiger partial charge in [-0.25, -0.2) is 19.9 Å². The first-order valence-electron chi connectivity index (χ1n) is 11.3. The summed E-state index contributed by atoms with van der Waals surface area (Å²) in [6.07, 6.45) is 3.42. The lowest BCUT2D eigenvalue weighted by Crippen LogP contribution is -2.54. The lowest BCUT2D eigenvalue weighted by molar-refractivity contribution is -0.134. The van der Waals surface area contributed by atoms with Gasteiger partial charge in [0.05, 0.1) is 22.9 Å². The number of benzene rings is 1. The molecule has 1 unspecified atom stereocenters. The molecule has 1 aromatic carbocycles. The smallest absolute Gasteiger partial charge is 0.242 e. The quantitative estimate of drug-likeness (QED) is 0.399. The number of nitrogens with zero attached hydrogens (tertiary/aromatic N) is 8. The second kappa shape index (κ2) is 8.21. The number of pyridine rings is 1. The molecule has 5 heterocycles. The Morgan fingerprint density at radius 3 is 2.79 bits per heavy atom. The van der Waals surface area contributed by atoms with Gasteiger partial charge in [0.1, 0.15) is 22.8 Å². The van der Waals surface area contributed by atoms with E-state index in [-0.39, 0.29) is 18.5 Å². The van der Waals surface area contributed by atoms with Gasteiger partial charge in [0.2, 0.25) is 5.91 Å². The number of carbonyl (C=O) groups is 1. The Morgan fingerprint density at radius 2 is 1.94 bits per heavy atom. The number of anilines is 1. The summed E-state index contributed by atoms with van der Waals surface area (Å²) in [5, 5.41) is 1.10. The van der Waals surface area contributed by atoms with Crippen LogP contribution in [-0.2, 0) is 18.4 Å². The van der Waals surface area contributed by atoms with E-state index in [0.29, 0.717) is 6.54 Å². The van der Waals surface area contributed by atoms with Crippen LogP contribution in [0.25, 0.3) is 33.7 Å². The van der Waals surface area contributed by atoms with Gasteiger partial charge in [0.25, 0.3) is 0 Å². The van der Waals surface area contributed by atoms with Gasteiger partial charge < -0.3 is 18.9 Å². The molecule has 0 aliphatic carbocycles. The van der Waals surface area contributed by atoms with Crippen LogP contribution in [-0.4, -0.2) is 65.6 Å². The number of imidazole rings is 2. The molecule has 0 saturated carbocycles. The van der Waals surface area contributed by atoms with Gasteiger partial charge >= 0.3 is 0 Å². The van der Waals surface area contributed by atoms with E-state index in [1.807, 2.05) is 52.4 Å². The fourth-order valence-corrected chi connectivity index (χ4v) is 5.57. The van der Waals surface area contributed by atoms with E-state index < -0.39 is 0 Å². The van der Waals surface area contributed by atoms with Gasteiger partial charge in [-0.2, -0.15) is 0 Å². The number of aryl methyl sites for hydroxylation is 1. The largest absolute Gasteiger partial charge is 0.358 e. The number of carbonyl (C=O) groups excluding carboxylic acids is 1. The maximum atomic E-state index is 13.2. The van der Waals surface area contributed by atoms with Crippen molar-refractivity contribution in [3.8, 4) is 11.5 Å². The molecule has 6 rings (SSSR count). The van der Waals surface area contributed by atoms with Gasteiger partial charge in [-0.15, -0.1) is 11.3 Å². The predicted octanol–water partition coefficient (Wildman–Crippen LogP) is 3.18. The number of para-hydroxylation sites is 2. The summed E-state index contributed by atoms with van der Waals surface area (Å²) in [5.74, 6) is 0.945. The highest BCUT2D eigenvalue weighted by Crippen LogP contribution is 2.35. The van der Waals surface area contributed by atoms with Crippen molar-refractivity contribution in [2.45, 2.75) is 19.5 Å². The van der Waals surface area contributed by atoms with E-state index in [1.165, 1.54) is 0 Å². The molecule has 1 aliphatic rings. The minimum Gasteiger partial charge on any atom is -0.358 e. The predicted molar refractivity (Wildman–Crippen MR) is 133 cm³/mol. The molecule has 1 atom stereocenters. The molecular formula is C24H24N8OS. The molecule has 4 aromatic heterocycles. The minimum atomic E-state index is 0.0689. The fourth-order valence-electron chi connectivity index (χ4n) is 4.74. The van der Waals surface area contributed by atoms with Gasteiger partial charge in [-0.05, 0) is 31.2 Å². The Balaban J connectivity index is 1.20. The van der Waals surface area contributed by atoms with Crippen molar-refractivity contribution in [1.29, 1.82) is 0 Å². The number of thiazole rings is 1. The summed E-state index contributed by atoms with van der Waals surface area (Å²) in [5.41, 5.74) is 6.35. The highest BCUT2D eigenvalue weighted by molar-refractivity contribution is 7.14. The van der Waals surface area contributed by atoms with Crippen LogP contribution in [0.15, 0.2) is 54.4 Å². The average molecular weight is 473 g/mol. The highest BCUT2D eigenvalue weighted by Gasteiger charge is 2.30. The Labute approximate surface area is 200 Å². The minimum absolute atomic E-state index is 0.0689. The van der Waals surface area contributed by atoms with E-state index in [9.17, 15) is 4.79 Å². The van der Waals surface area contributed by atoms with Crippen LogP contribution >= 0.6 is 11.3 Å². The Hall–Kier alpha value is -3.79. The summed E-state index contributed by atoms with van der Waals surface area (Å²) < 4.78 is 3.92. The molecular weight excluding hydrogens is 448 g/mol. The molecule has 0 N–H and O–H groups in total. The van der Waals surface area contributed by atoms with Gasteiger partial charge in [-0.1, -0.05) is 12.1 Å². The first kappa shape index (κ1) is 20.8. The normalized spacial score (nSPS) is 16.6. The van der Waals surface area contributed by atoms with Crippen LogP contribution in [0.4, 0.5) is 5.00 Å². The van der Waals surface area contributed by atoms with E-state index in [4.69, 9.17) is 4.98 Å². The molecule has 1 aliphatic heterocycles. The maximum Gasteiger partial charge on any atom is 0.242 e. The zero-order chi connectivity index (χ0) is 23.2. The summed E-state index contributed by atoms with van der Waals surface area (Å²) in [4.78, 5) is 35.7. The van der Waals surface area contributed by atoms with Gasteiger partial charge in [0.15, 0.2) is 11.5 Å². The van der Waals surface area contributed by atoms with E-state index in [0.717, 1.165) is 51.8 Å². The molecule has 1 saturated heterocycles. The zero-order valence-corrected chi connectivity index (χ0v) is 19.8. The SMILES string of the molecule is CC1CN(c2scnc2-c2nc3ccccc3n2C)CCN1C(=O)Cn1cnc2cccnc21. The summed E-state index contributed by atoms with van der Waals surface area (Å²) in [6, 6.07) is 11.9. The van der Waals surface area contributed by atoms with Crippen molar-refractivity contribution in [3.63, 3.8) is 0 Å². The van der Waals surface area contributed by atoms with Crippen molar-refractivity contribution < 1.29 is 4.79 Å². The lowest BCUT2D eigenvalue weighted by Gasteiger charge is -2.40. The first-order chi connectivity index (χ1) is 16.6. The molecule has 0 bridgehead atoms. The van der Waals surface area contributed by atoms with Gasteiger partial charge in [0, 0.05) is 38.9 Å². The third kappa shape index (κ3) is 3.41. The van der Waals surface area contributed by atoms with Crippen LogP contribution in [0, 0.1) is 0 Å². The van der Waals surface area contributed by atoms with E-state index in [1.54, 1.807) is 23.9 Å². The number of hydrogen-bond acceptors (Lipinski definition) is 7. The average Bonchev–Trinajstić information content (AvgIpc) is 3.57. The summed E-state index contributed by atoms with van der Waals surface area (Å²) >= 11 is 1.62. The molecule has 172 valence electrons. The summed E-state index contributed by atoms with van der Waals surface area (Å²) in [7, 11) is 2.03. The number of fused-ring (bicyclic) bond motifs is 2. The number of amides is 1. The third-order valence-corrected chi connectivity index (χ3v) is 7.35. The zero-order valence-electron chi connectivity index (χ0n) is 19.0. The molecule has 34 heavy (non-hydrogen) atoms. The standard InChI is InChI=1S/C24H24N8OS/c1-16-12-30(10-11-32(16)20(33)13-31-14-26-18-7-5-9-25-22(18)31)24-21(27-15-34-24)23-28-17-6-3-4-8-19(17)29(23)2/h3-9,14-16H,10-13H2,1-2H3. The Kier molecular flexibility index (Phi) is 5.02. The topological polar surface area (TPSA) is 85.0 Å². The highest BCUT2D eigenvalue weighted by atomic mass is 32.1. The van der Waals surface area contributed by atoms with E-state index in [2.05, 4.69) is 37.4 Å². The Morgan fingerprint density at radius 1 is 1.09 bits per heavy atom. The number of aromatic nitrogens is 6. The third-order valence-electron chi connectivity index (χ3n) is 6.46. The first-order valence-corrected chi connectivity index (χ1v) is 12.1. The number of piperazine rings is 1. The van der Waals surface area contributed by atoms with Crippen molar-refractivity contribution in [1.82, 2.24) is 34.0 Å². The second-order valence-corrected chi connectivity index (χ2v) is 9.42. The van der Waals surface area contributed by atoms with Gasteiger partial charge in [-0.3, -0.25) is 4.79 Å². The maximum absolute atomic E-state index is 13.2. The molecule has 9 nitrogen and oxygen atoms in total. The molecule has 0 spiro atoms. The van der Waals surface area contributed by atoms with E-state index >= 15 is 0 Å². The number of rotatable bonds is 4. The molecule has 0 radical (unpaired) electrons. The van der Waals surface area contributed by atoms with Crippen LogP contribution in [0.5, 0.6) is 0 Å². The van der Waals surface area contributed by atoms with Crippen molar-refractivity contribution >= 4 is 44.4 Å². The van der Waals surface area contributed by atoms with Crippen LogP contribution in [0.3, 0.4) is 0 Å². The fraction of sp³-hybridized carbons (Fsp3) is 0.292. The lowest BCUT2D eigenvalue weighted by atomic mass is 10.2. The summed E-state index contributed by atoms with van der Waals surface area (Å²) in [6.45, 7) is 4.49. The number of hydrogen-bond donors (Lipinski definition) is 0. The molecule has 1 amide bonds. The second-order valence-electron chi connectivity index (χ2n) is 8.59. The van der Waals surface area contributed by atoms with Crippen LogP contribution in [0.2, 0.25) is 0 Å². The Bertz CT molecular complexity index is 1500. The van der Waals surface area contributed by atoms with Crippen LogP contribution in [0.1, 0.15) is 6.92 Å². The molecule has 1 fully saturated rings. The molecule has 5 aromatic rings. The monoisotopic (exact) mass is 472 g/mol. The van der Waals surface area contributed by atoms with Crippen LogP contribution < -0.4 is 4.90 Å². The van der Waals surface area contributed by atoms with Crippen molar-refractivity contribution in [3.05, 3.63) is 54.4 Å². The van der Waals surface area contributed by atoms with Crippen molar-refractivity contribution in [2.24, 2.45) is 7.05 Å².